The van der Waals surface area contributed by atoms with Gasteiger partial charge in [0, 0.05) is 23.7 Å². The Labute approximate surface area is 170 Å². The second kappa shape index (κ2) is 7.78. The predicted molar refractivity (Wildman–Crippen MR) is 112 cm³/mol. The number of benzene rings is 3. The van der Waals surface area contributed by atoms with E-state index in [-0.39, 0.29) is 12.5 Å². The number of hydrogen-bond acceptors (Lipinski definition) is 2. The lowest BCUT2D eigenvalue weighted by atomic mass is 9.88. The van der Waals surface area contributed by atoms with Gasteiger partial charge >= 0.3 is 0 Å². The van der Waals surface area contributed by atoms with Crippen LogP contribution in [-0.2, 0) is 19.6 Å². The van der Waals surface area contributed by atoms with Crippen molar-refractivity contribution < 1.29 is 9.90 Å². The van der Waals surface area contributed by atoms with Crippen molar-refractivity contribution in [3.05, 3.63) is 93.5 Å². The van der Waals surface area contributed by atoms with Crippen LogP contribution in [0.25, 0.3) is 11.1 Å². The van der Waals surface area contributed by atoms with Gasteiger partial charge in [0.1, 0.15) is 0 Å². The third-order valence-corrected chi connectivity index (χ3v) is 5.75. The fourth-order valence-corrected chi connectivity index (χ4v) is 3.97. The molecule has 142 valence electrons. The molecule has 0 spiro atoms. The van der Waals surface area contributed by atoms with Crippen molar-refractivity contribution in [2.24, 2.45) is 0 Å². The molecule has 0 atom stereocenters. The van der Waals surface area contributed by atoms with Crippen molar-refractivity contribution in [2.45, 2.75) is 26.5 Å². The average molecular weight is 392 g/mol. The maximum atomic E-state index is 13.2. The number of aliphatic hydroxyl groups excluding tert-OH is 1. The highest BCUT2D eigenvalue weighted by molar-refractivity contribution is 6.31. The summed E-state index contributed by atoms with van der Waals surface area (Å²) in [5, 5.41) is 10.5. The van der Waals surface area contributed by atoms with Gasteiger partial charge in [0.15, 0.2) is 0 Å². The number of nitrogens with zero attached hydrogens (tertiary/aromatic N) is 1. The first-order valence-corrected chi connectivity index (χ1v) is 9.81. The van der Waals surface area contributed by atoms with E-state index >= 15 is 0 Å². The van der Waals surface area contributed by atoms with Gasteiger partial charge in [-0.3, -0.25) is 4.79 Å². The van der Waals surface area contributed by atoms with E-state index in [9.17, 15) is 9.90 Å². The molecule has 0 aliphatic carbocycles. The molecule has 1 heterocycles. The van der Waals surface area contributed by atoms with Crippen molar-refractivity contribution in [3.8, 4) is 11.1 Å². The average Bonchev–Trinajstić information content (AvgIpc) is 2.73. The molecule has 0 aromatic heterocycles. The molecule has 0 radical (unpaired) electrons. The van der Waals surface area contributed by atoms with Crippen LogP contribution in [0.2, 0.25) is 5.02 Å². The maximum Gasteiger partial charge on any atom is 0.254 e. The quantitative estimate of drug-likeness (QED) is 0.679. The van der Waals surface area contributed by atoms with E-state index in [1.807, 2.05) is 72.5 Å². The van der Waals surface area contributed by atoms with Gasteiger partial charge in [0.05, 0.1) is 6.61 Å². The zero-order valence-corrected chi connectivity index (χ0v) is 16.5. The SMILES string of the molecule is Cc1cc(CN2CCc3c(cc(CO)cc3-c3ccccc3)C2=O)ccc1Cl. The molecule has 3 nitrogen and oxygen atoms in total. The van der Waals surface area contributed by atoms with Crippen molar-refractivity contribution in [2.75, 3.05) is 6.54 Å². The molecule has 1 amide bonds. The molecule has 1 aliphatic rings. The fourth-order valence-electron chi connectivity index (χ4n) is 3.85. The van der Waals surface area contributed by atoms with Crippen LogP contribution in [-0.4, -0.2) is 22.5 Å². The lowest BCUT2D eigenvalue weighted by Crippen LogP contribution is -2.37. The van der Waals surface area contributed by atoms with Gasteiger partial charge < -0.3 is 10.0 Å². The Morgan fingerprint density at radius 2 is 1.75 bits per heavy atom. The predicted octanol–water partition coefficient (Wildman–Crippen LogP) is 5.01. The minimum atomic E-state index is -0.0865. The summed E-state index contributed by atoms with van der Waals surface area (Å²) < 4.78 is 0. The molecule has 4 heteroatoms. The van der Waals surface area contributed by atoms with Crippen LogP contribution in [0.5, 0.6) is 0 Å². The Morgan fingerprint density at radius 3 is 2.46 bits per heavy atom. The third-order valence-electron chi connectivity index (χ3n) is 5.32. The smallest absolute Gasteiger partial charge is 0.254 e. The van der Waals surface area contributed by atoms with Gasteiger partial charge in [-0.2, -0.15) is 0 Å². The third kappa shape index (κ3) is 3.56. The summed E-state index contributed by atoms with van der Waals surface area (Å²) in [6, 6.07) is 19.8. The number of carbonyl (C=O) groups is 1. The number of fused-ring (bicyclic) bond motifs is 1. The number of amides is 1. The Balaban J connectivity index is 1.70. The van der Waals surface area contributed by atoms with Crippen molar-refractivity contribution >= 4 is 17.5 Å². The van der Waals surface area contributed by atoms with Gasteiger partial charge in [0.25, 0.3) is 5.91 Å². The summed E-state index contributed by atoms with van der Waals surface area (Å²) in [7, 11) is 0. The topological polar surface area (TPSA) is 40.5 Å². The first-order chi connectivity index (χ1) is 13.6. The molecule has 28 heavy (non-hydrogen) atoms. The second-order valence-electron chi connectivity index (χ2n) is 7.25. The number of carbonyl (C=O) groups excluding carboxylic acids is 1. The van der Waals surface area contributed by atoms with Crippen LogP contribution >= 0.6 is 11.6 Å². The maximum absolute atomic E-state index is 13.2. The Bertz CT molecular complexity index is 1030. The van der Waals surface area contributed by atoms with E-state index < -0.39 is 0 Å². The van der Waals surface area contributed by atoms with Crippen LogP contribution in [0.4, 0.5) is 0 Å². The molecular formula is C24H22ClNO2. The van der Waals surface area contributed by atoms with Crippen LogP contribution < -0.4 is 0 Å². The standard InChI is InChI=1S/C24H22ClNO2/c1-16-11-17(7-8-23(16)25)14-26-10-9-20-21(19-5-3-2-4-6-19)12-18(15-27)13-22(20)24(26)28/h2-8,11-13,27H,9-10,14-15H2,1H3. The molecule has 0 bridgehead atoms. The lowest BCUT2D eigenvalue weighted by Gasteiger charge is -2.30. The number of rotatable bonds is 4. The molecule has 3 aromatic rings. The summed E-state index contributed by atoms with van der Waals surface area (Å²) in [6.07, 6.45) is 0.795. The monoisotopic (exact) mass is 391 g/mol. The van der Waals surface area contributed by atoms with Crippen LogP contribution in [0.3, 0.4) is 0 Å². The molecule has 0 unspecified atom stereocenters. The van der Waals surface area contributed by atoms with Crippen LogP contribution in [0, 0.1) is 6.92 Å². The molecule has 1 N–H and O–H groups in total. The highest BCUT2D eigenvalue weighted by Crippen LogP contribution is 2.32. The zero-order chi connectivity index (χ0) is 19.7. The van der Waals surface area contributed by atoms with E-state index in [4.69, 9.17) is 11.6 Å². The van der Waals surface area contributed by atoms with Gasteiger partial charge in [-0.15, -0.1) is 0 Å². The molecule has 1 aliphatic heterocycles. The number of hydrogen-bond donors (Lipinski definition) is 1. The summed E-state index contributed by atoms with van der Waals surface area (Å²) in [4.78, 5) is 15.1. The van der Waals surface area contributed by atoms with Crippen molar-refractivity contribution in [1.29, 1.82) is 0 Å². The molecule has 4 rings (SSSR count). The number of aliphatic hydroxyl groups is 1. The molecule has 0 saturated heterocycles. The van der Waals surface area contributed by atoms with Gasteiger partial charge in [-0.1, -0.05) is 54.1 Å². The lowest BCUT2D eigenvalue weighted by molar-refractivity contribution is 0.0727. The van der Waals surface area contributed by atoms with Crippen molar-refractivity contribution in [3.63, 3.8) is 0 Å². The minimum absolute atomic E-state index is 0.0151. The van der Waals surface area contributed by atoms with Gasteiger partial charge in [0.2, 0.25) is 0 Å². The molecule has 0 fully saturated rings. The summed E-state index contributed by atoms with van der Waals surface area (Å²) >= 11 is 6.12. The Kier molecular flexibility index (Phi) is 5.21. The largest absolute Gasteiger partial charge is 0.392 e. The van der Waals surface area contributed by atoms with E-state index in [2.05, 4.69) is 0 Å². The normalized spacial score (nSPS) is 13.5. The first kappa shape index (κ1) is 18.7. The Morgan fingerprint density at radius 1 is 1.00 bits per heavy atom. The van der Waals surface area contributed by atoms with Crippen LogP contribution in [0.15, 0.2) is 60.7 Å². The van der Waals surface area contributed by atoms with E-state index in [0.717, 1.165) is 44.8 Å². The van der Waals surface area contributed by atoms with E-state index in [1.165, 1.54) is 0 Å². The van der Waals surface area contributed by atoms with Gasteiger partial charge in [-0.25, -0.2) is 0 Å². The van der Waals surface area contributed by atoms with Crippen molar-refractivity contribution in [1.82, 2.24) is 4.90 Å². The second-order valence-corrected chi connectivity index (χ2v) is 7.66. The van der Waals surface area contributed by atoms with Gasteiger partial charge in [-0.05, 0) is 64.9 Å². The highest BCUT2D eigenvalue weighted by atomic mass is 35.5. The summed E-state index contributed by atoms with van der Waals surface area (Å²) in [5.74, 6) is 0.0151. The summed E-state index contributed by atoms with van der Waals surface area (Å²) in [6.45, 7) is 3.11. The molecule has 3 aromatic carbocycles. The highest BCUT2D eigenvalue weighted by Gasteiger charge is 2.27. The summed E-state index contributed by atoms with van der Waals surface area (Å²) in [5.41, 5.74) is 6.72. The number of aryl methyl sites for hydroxylation is 1. The molecular weight excluding hydrogens is 370 g/mol. The zero-order valence-electron chi connectivity index (χ0n) is 15.8. The number of halogens is 1. The first-order valence-electron chi connectivity index (χ1n) is 9.43. The molecule has 0 saturated carbocycles. The Hall–Kier alpha value is -2.62. The van der Waals surface area contributed by atoms with E-state index in [1.54, 1.807) is 0 Å². The van der Waals surface area contributed by atoms with Crippen LogP contribution in [0.1, 0.15) is 32.6 Å². The fraction of sp³-hybridized carbons (Fsp3) is 0.208. The minimum Gasteiger partial charge on any atom is -0.392 e. The van der Waals surface area contributed by atoms with E-state index in [0.29, 0.717) is 18.7 Å².